The Bertz CT molecular complexity index is 663. The molecule has 1 aromatic heterocycles. The van der Waals surface area contributed by atoms with Crippen LogP contribution in [0.1, 0.15) is 42.5 Å². The Hall–Kier alpha value is -2.29. The van der Waals surface area contributed by atoms with Crippen molar-refractivity contribution in [2.75, 3.05) is 6.61 Å². The predicted molar refractivity (Wildman–Crippen MR) is 88.7 cm³/mol. The molecule has 2 rings (SSSR count). The highest BCUT2D eigenvalue weighted by molar-refractivity contribution is 5.97. The molecule has 0 fully saturated rings. The molecule has 0 radical (unpaired) electrons. The van der Waals surface area contributed by atoms with Crippen LogP contribution in [0.25, 0.3) is 17.4 Å². The fourth-order valence-electron chi connectivity index (χ4n) is 2.27. The number of esters is 1. The number of benzene rings is 1. The van der Waals surface area contributed by atoms with Gasteiger partial charge in [0.2, 0.25) is 0 Å². The molecule has 0 unspecified atom stereocenters. The lowest BCUT2D eigenvalue weighted by Gasteiger charge is -2.03. The van der Waals surface area contributed by atoms with Crippen LogP contribution in [-0.4, -0.2) is 12.6 Å². The fourth-order valence-corrected chi connectivity index (χ4v) is 2.27. The highest BCUT2D eigenvalue weighted by Crippen LogP contribution is 2.33. The summed E-state index contributed by atoms with van der Waals surface area (Å²) < 4.78 is 11.1. The van der Waals surface area contributed by atoms with Crippen LogP contribution in [0.4, 0.5) is 0 Å². The van der Waals surface area contributed by atoms with Gasteiger partial charge in [-0.3, -0.25) is 0 Å². The summed E-state index contributed by atoms with van der Waals surface area (Å²) in [6.07, 6.45) is 4.01. The van der Waals surface area contributed by atoms with E-state index in [1.807, 2.05) is 36.4 Å². The molecule has 1 aromatic carbocycles. The molecule has 0 aliphatic heterocycles. The summed E-state index contributed by atoms with van der Waals surface area (Å²) >= 11 is 0. The Morgan fingerprint density at radius 2 is 1.95 bits per heavy atom. The molecule has 0 bridgehead atoms. The van der Waals surface area contributed by atoms with Gasteiger partial charge in [0.1, 0.15) is 17.1 Å². The molecule has 3 heteroatoms. The molecule has 0 saturated heterocycles. The maximum Gasteiger partial charge on any atom is 0.342 e. The molecule has 1 heterocycles. The van der Waals surface area contributed by atoms with Gasteiger partial charge in [-0.05, 0) is 19.8 Å². The summed E-state index contributed by atoms with van der Waals surface area (Å²) in [6, 6.07) is 9.80. The monoisotopic (exact) mass is 298 g/mol. The van der Waals surface area contributed by atoms with Crippen molar-refractivity contribution in [3.63, 3.8) is 0 Å². The molecule has 116 valence electrons. The van der Waals surface area contributed by atoms with Crippen LogP contribution in [0, 0.1) is 12.8 Å². The maximum absolute atomic E-state index is 12.3. The number of ether oxygens (including phenoxy) is 1. The van der Waals surface area contributed by atoms with Crippen molar-refractivity contribution in [3.8, 4) is 11.3 Å². The first-order valence-corrected chi connectivity index (χ1v) is 7.58. The second-order valence-corrected chi connectivity index (χ2v) is 5.47. The number of carbonyl (C=O) groups excluding carboxylic acids is 1. The molecular weight excluding hydrogens is 276 g/mol. The minimum Gasteiger partial charge on any atom is -0.462 e. The second-order valence-electron chi connectivity index (χ2n) is 5.47. The first-order valence-electron chi connectivity index (χ1n) is 7.58. The Balaban J connectivity index is 2.59. The topological polar surface area (TPSA) is 39.4 Å². The zero-order valence-corrected chi connectivity index (χ0v) is 13.6. The smallest absolute Gasteiger partial charge is 0.342 e. The first kappa shape index (κ1) is 16.1. The Kier molecular flexibility index (Phi) is 5.21. The molecule has 0 atom stereocenters. The van der Waals surface area contributed by atoms with E-state index in [0.717, 1.165) is 11.1 Å². The van der Waals surface area contributed by atoms with Gasteiger partial charge in [0, 0.05) is 11.1 Å². The highest BCUT2D eigenvalue weighted by atomic mass is 16.5. The van der Waals surface area contributed by atoms with Crippen LogP contribution in [0.3, 0.4) is 0 Å². The van der Waals surface area contributed by atoms with Crippen LogP contribution >= 0.6 is 0 Å². The zero-order chi connectivity index (χ0) is 16.1. The van der Waals surface area contributed by atoms with Gasteiger partial charge in [-0.15, -0.1) is 0 Å². The fraction of sp³-hybridized carbons (Fsp3) is 0.316. The molecule has 3 nitrogen and oxygen atoms in total. The number of rotatable bonds is 5. The molecule has 0 aliphatic rings. The standard InChI is InChI=1S/C19H22O3/c1-5-21-19(20)17-14(4)22-18(15-9-7-6-8-10-15)16(17)12-11-13(2)3/h6-13H,5H2,1-4H3/b12-11+. The van der Waals surface area contributed by atoms with Gasteiger partial charge in [0.25, 0.3) is 0 Å². The van der Waals surface area contributed by atoms with E-state index >= 15 is 0 Å². The van der Waals surface area contributed by atoms with Gasteiger partial charge in [-0.2, -0.15) is 0 Å². The van der Waals surface area contributed by atoms with E-state index in [2.05, 4.69) is 19.9 Å². The summed E-state index contributed by atoms with van der Waals surface area (Å²) in [5.41, 5.74) is 2.25. The van der Waals surface area contributed by atoms with Gasteiger partial charge >= 0.3 is 5.97 Å². The first-order chi connectivity index (χ1) is 10.5. The maximum atomic E-state index is 12.3. The lowest BCUT2D eigenvalue weighted by molar-refractivity contribution is 0.0524. The average molecular weight is 298 g/mol. The largest absolute Gasteiger partial charge is 0.462 e. The number of carbonyl (C=O) groups is 1. The van der Waals surface area contributed by atoms with Crippen molar-refractivity contribution in [1.82, 2.24) is 0 Å². The molecule has 0 N–H and O–H groups in total. The van der Waals surface area contributed by atoms with Crippen molar-refractivity contribution >= 4 is 12.0 Å². The van der Waals surface area contributed by atoms with Crippen molar-refractivity contribution in [2.45, 2.75) is 27.7 Å². The zero-order valence-electron chi connectivity index (χ0n) is 13.6. The second kappa shape index (κ2) is 7.12. The van der Waals surface area contributed by atoms with Crippen LogP contribution in [0.15, 0.2) is 40.8 Å². The summed E-state index contributed by atoms with van der Waals surface area (Å²) in [4.78, 5) is 12.3. The van der Waals surface area contributed by atoms with Gasteiger partial charge in [-0.1, -0.05) is 56.3 Å². The quantitative estimate of drug-likeness (QED) is 0.721. The third-order valence-electron chi connectivity index (χ3n) is 3.28. The van der Waals surface area contributed by atoms with E-state index in [9.17, 15) is 4.79 Å². The minimum absolute atomic E-state index is 0.339. The number of allylic oxidation sites excluding steroid dienone is 1. The summed E-state index contributed by atoms with van der Waals surface area (Å²) in [5.74, 6) is 1.34. The number of furan rings is 1. The Morgan fingerprint density at radius 1 is 1.27 bits per heavy atom. The molecule has 0 amide bonds. The van der Waals surface area contributed by atoms with E-state index in [1.54, 1.807) is 13.8 Å². The van der Waals surface area contributed by atoms with Gasteiger partial charge in [-0.25, -0.2) is 4.79 Å². The average Bonchev–Trinajstić information content (AvgIpc) is 2.83. The molecule has 0 aliphatic carbocycles. The Labute approximate surface area is 131 Å². The molecule has 2 aromatic rings. The van der Waals surface area contributed by atoms with Crippen molar-refractivity contribution in [1.29, 1.82) is 0 Å². The molecule has 22 heavy (non-hydrogen) atoms. The van der Waals surface area contributed by atoms with E-state index in [-0.39, 0.29) is 5.97 Å². The third-order valence-corrected chi connectivity index (χ3v) is 3.28. The predicted octanol–water partition coefficient (Wildman–Crippen LogP) is 5.10. The lowest BCUT2D eigenvalue weighted by atomic mass is 10.0. The molecule has 0 spiro atoms. The van der Waals surface area contributed by atoms with Crippen LogP contribution in [0.5, 0.6) is 0 Å². The van der Waals surface area contributed by atoms with Gasteiger partial charge < -0.3 is 9.15 Å². The van der Waals surface area contributed by atoms with E-state index in [1.165, 1.54) is 0 Å². The van der Waals surface area contributed by atoms with Crippen molar-refractivity contribution < 1.29 is 13.9 Å². The normalized spacial score (nSPS) is 11.3. The Morgan fingerprint density at radius 3 is 2.55 bits per heavy atom. The van der Waals surface area contributed by atoms with Gasteiger partial charge in [0.05, 0.1) is 6.61 Å². The number of hydrogen-bond donors (Lipinski definition) is 0. The van der Waals surface area contributed by atoms with Crippen molar-refractivity contribution in [3.05, 3.63) is 53.3 Å². The summed E-state index contributed by atoms with van der Waals surface area (Å²) in [6.45, 7) is 8.13. The summed E-state index contributed by atoms with van der Waals surface area (Å²) in [7, 11) is 0. The van der Waals surface area contributed by atoms with E-state index < -0.39 is 0 Å². The SMILES string of the molecule is CCOC(=O)c1c(C)oc(-c2ccccc2)c1/C=C/C(C)C. The van der Waals surface area contributed by atoms with Crippen molar-refractivity contribution in [2.24, 2.45) is 5.92 Å². The molecular formula is C19H22O3. The lowest BCUT2D eigenvalue weighted by Crippen LogP contribution is -2.06. The minimum atomic E-state index is -0.339. The van der Waals surface area contributed by atoms with Crippen LogP contribution in [-0.2, 0) is 4.74 Å². The third kappa shape index (κ3) is 3.48. The van der Waals surface area contributed by atoms with Gasteiger partial charge in [0.15, 0.2) is 0 Å². The highest BCUT2D eigenvalue weighted by Gasteiger charge is 2.23. The number of hydrogen-bond acceptors (Lipinski definition) is 3. The van der Waals surface area contributed by atoms with E-state index in [0.29, 0.717) is 29.6 Å². The summed E-state index contributed by atoms with van der Waals surface area (Å²) in [5, 5.41) is 0. The van der Waals surface area contributed by atoms with E-state index in [4.69, 9.17) is 9.15 Å². The van der Waals surface area contributed by atoms with Crippen LogP contribution in [0.2, 0.25) is 0 Å². The van der Waals surface area contributed by atoms with Crippen LogP contribution < -0.4 is 0 Å². The molecule has 0 saturated carbocycles. The number of aryl methyl sites for hydroxylation is 1.